The van der Waals surface area contributed by atoms with Gasteiger partial charge in [-0.2, -0.15) is 0 Å². The summed E-state index contributed by atoms with van der Waals surface area (Å²) in [6.45, 7) is -4.50. The molecule has 0 aliphatic carbocycles. The third-order valence-corrected chi connectivity index (χ3v) is 15.4. The molecule has 0 saturated heterocycles. The van der Waals surface area contributed by atoms with Gasteiger partial charge in [-0.3, -0.25) is 115 Å². The molecule has 0 bridgehead atoms. The zero-order valence-electron chi connectivity index (χ0n) is 58.3. The molecule has 0 fully saturated rings. The highest BCUT2D eigenvalue weighted by molar-refractivity contribution is 6.14. The quantitative estimate of drug-likeness (QED) is 0.0361. The summed E-state index contributed by atoms with van der Waals surface area (Å²) in [5.74, 6) is -13.3. The maximum absolute atomic E-state index is 13.3. The van der Waals surface area contributed by atoms with E-state index in [2.05, 4.69) is 0 Å². The van der Waals surface area contributed by atoms with E-state index in [9.17, 15) is 95.9 Å². The Labute approximate surface area is 602 Å². The molecule has 36 heteroatoms. The summed E-state index contributed by atoms with van der Waals surface area (Å²) in [5.41, 5.74) is -1.72. The number of unbranched alkanes of at least 4 members (excludes halogenated alkanes) is 8. The molecule has 0 aromatic carbocycles. The fourth-order valence-electron chi connectivity index (χ4n) is 9.41. The summed E-state index contributed by atoms with van der Waals surface area (Å²) in [6.07, 6.45) is 8.75. The van der Waals surface area contributed by atoms with Crippen molar-refractivity contribution >= 4 is 119 Å². The zero-order chi connectivity index (χ0) is 76.8. The van der Waals surface area contributed by atoms with Crippen molar-refractivity contribution in [2.24, 2.45) is 5.41 Å². The van der Waals surface area contributed by atoms with E-state index in [1.807, 2.05) is 0 Å². The number of carbonyl (C=O) groups excluding carboxylic acids is 20. The number of hydrogen-bond donors (Lipinski definition) is 0. The van der Waals surface area contributed by atoms with Crippen LogP contribution in [0.15, 0.2) is 48.6 Å². The molecule has 4 aliphatic heterocycles. The number of rotatable bonds is 56. The third-order valence-electron chi connectivity index (χ3n) is 15.4. The van der Waals surface area contributed by atoms with Crippen LogP contribution in [-0.4, -0.2) is 244 Å². The van der Waals surface area contributed by atoms with Crippen LogP contribution in [-0.2, 0) is 153 Å². The van der Waals surface area contributed by atoms with E-state index < -0.39 is 151 Å². The summed E-state index contributed by atoms with van der Waals surface area (Å²) < 4.78 is 63.4. The van der Waals surface area contributed by atoms with Crippen molar-refractivity contribution in [2.75, 3.05) is 105 Å². The standard InChI is InChI=1S/C69H88N4O32/c74-49-17-18-50(75)70(49)33-41-98-65(90)29-25-61(86)94-37-9-1-5-13-57(82)102-45-69(46-103-58(83)14-6-2-10-38-95-62(87)26-30-66(91)99-42-34-71-51(76)19-20-52(71)77,47-104-59(84)15-7-3-11-39-96-63(88)27-31-67(92)100-43-35-72-53(78)21-22-54(72)79)48-105-60(85)16-8-4-12-40-97-64(89)28-32-68(93)101-44-36-73-55(80)23-24-56(73)81/h17-24H,1-16,25-48H2. The molecule has 0 N–H and O–H groups in total. The molecule has 36 nitrogen and oxygen atoms in total. The Morgan fingerprint density at radius 1 is 0.200 bits per heavy atom. The van der Waals surface area contributed by atoms with E-state index in [4.69, 9.17) is 56.8 Å². The van der Waals surface area contributed by atoms with Crippen LogP contribution in [0.4, 0.5) is 0 Å². The number of hydrogen-bond acceptors (Lipinski definition) is 32. The number of ether oxygens (including phenoxy) is 12. The molecule has 576 valence electrons. The Morgan fingerprint density at radius 2 is 0.352 bits per heavy atom. The minimum atomic E-state index is -1.72. The molecule has 0 radical (unpaired) electrons. The van der Waals surface area contributed by atoms with Gasteiger partial charge < -0.3 is 56.8 Å². The first-order chi connectivity index (χ1) is 50.3. The van der Waals surface area contributed by atoms with Crippen molar-refractivity contribution < 1.29 is 153 Å². The van der Waals surface area contributed by atoms with E-state index in [-0.39, 0.29) is 182 Å². The van der Waals surface area contributed by atoms with E-state index in [1.54, 1.807) is 0 Å². The number of esters is 12. The van der Waals surface area contributed by atoms with Crippen molar-refractivity contribution in [1.82, 2.24) is 19.6 Å². The third kappa shape index (κ3) is 36.7. The van der Waals surface area contributed by atoms with Crippen molar-refractivity contribution in [3.8, 4) is 0 Å². The minimum absolute atomic E-state index is 0.0706. The minimum Gasteiger partial charge on any atom is -0.466 e. The van der Waals surface area contributed by atoms with E-state index in [1.165, 1.54) is 0 Å². The lowest BCUT2D eigenvalue weighted by molar-refractivity contribution is -0.171. The monoisotopic (exact) mass is 1480 g/mol. The van der Waals surface area contributed by atoms with Crippen molar-refractivity contribution in [3.05, 3.63) is 48.6 Å². The summed E-state index contributed by atoms with van der Waals surface area (Å²) in [5, 5.41) is 0. The molecule has 4 heterocycles. The van der Waals surface area contributed by atoms with Crippen LogP contribution in [0.3, 0.4) is 0 Å². The number of amides is 8. The molecule has 105 heavy (non-hydrogen) atoms. The summed E-state index contributed by atoms with van der Waals surface area (Å²) >= 11 is 0. The highest BCUT2D eigenvalue weighted by Gasteiger charge is 2.38. The normalized spacial score (nSPS) is 13.7. The highest BCUT2D eigenvalue weighted by atomic mass is 16.6. The second kappa shape index (κ2) is 48.9. The number of carbonyl (C=O) groups is 20. The maximum atomic E-state index is 13.3. The van der Waals surface area contributed by atoms with Gasteiger partial charge in [0.1, 0.15) is 58.3 Å². The fourth-order valence-corrected chi connectivity index (χ4v) is 9.41. The van der Waals surface area contributed by atoms with Gasteiger partial charge in [0.2, 0.25) is 0 Å². The van der Waals surface area contributed by atoms with Crippen LogP contribution in [0.5, 0.6) is 0 Å². The lowest BCUT2D eigenvalue weighted by Crippen LogP contribution is -2.44. The van der Waals surface area contributed by atoms with Gasteiger partial charge in [-0.05, 0) is 77.0 Å². The molecule has 0 unspecified atom stereocenters. The van der Waals surface area contributed by atoms with Crippen molar-refractivity contribution in [2.45, 2.75) is 154 Å². The van der Waals surface area contributed by atoms with Crippen LogP contribution in [0, 0.1) is 5.41 Å². The van der Waals surface area contributed by atoms with Crippen LogP contribution in [0.25, 0.3) is 0 Å². The largest absolute Gasteiger partial charge is 0.466 e. The van der Waals surface area contributed by atoms with E-state index in [0.29, 0.717) is 51.4 Å². The first-order valence-corrected chi connectivity index (χ1v) is 34.3. The first kappa shape index (κ1) is 86.6. The Bertz CT molecular complexity index is 2760. The van der Waals surface area contributed by atoms with Gasteiger partial charge in [0.15, 0.2) is 0 Å². The Kier molecular flexibility index (Phi) is 40.3. The van der Waals surface area contributed by atoms with Gasteiger partial charge in [-0.1, -0.05) is 0 Å². The molecule has 8 amide bonds. The summed E-state index contributed by atoms with van der Waals surface area (Å²) in [6, 6.07) is 0. The van der Waals surface area contributed by atoms with Crippen LogP contribution in [0.2, 0.25) is 0 Å². The SMILES string of the molecule is O=C(CCC(=O)OCCN1C(=O)C=CC1=O)OCCCCCC(=O)OCC(COC(=O)CCCCCOC(=O)CCC(=O)OCCN1C(=O)C=CC1=O)(COC(=O)CCCCCOC(=O)CCC(=O)OCCN1C(=O)C=CC1=O)COC(=O)CCCCCOC(=O)CCC(=O)OCCN1C(=O)C=CC1=O. The number of nitrogens with zero attached hydrogens (tertiary/aromatic N) is 4. The average molecular weight is 1490 g/mol. The molecule has 0 aromatic rings. The van der Waals surface area contributed by atoms with E-state index >= 15 is 0 Å². The van der Waals surface area contributed by atoms with Gasteiger partial charge in [-0.25, -0.2) is 0 Å². The van der Waals surface area contributed by atoms with E-state index in [0.717, 1.165) is 68.2 Å². The lowest BCUT2D eigenvalue weighted by atomic mass is 9.92. The molecular formula is C69H88N4O32. The van der Waals surface area contributed by atoms with Gasteiger partial charge in [0.05, 0.1) is 104 Å². The second-order valence-electron chi connectivity index (χ2n) is 23.8. The van der Waals surface area contributed by atoms with Gasteiger partial charge in [0.25, 0.3) is 47.3 Å². The highest BCUT2D eigenvalue weighted by Crippen LogP contribution is 2.24. The van der Waals surface area contributed by atoms with Crippen LogP contribution in [0.1, 0.15) is 154 Å². The Morgan fingerprint density at radius 3 is 0.524 bits per heavy atom. The summed E-state index contributed by atoms with van der Waals surface area (Å²) in [4.78, 5) is 248. The van der Waals surface area contributed by atoms with Gasteiger partial charge in [0, 0.05) is 74.3 Å². The topological polar surface area (TPSA) is 465 Å². The van der Waals surface area contributed by atoms with Gasteiger partial charge >= 0.3 is 71.6 Å². The maximum Gasteiger partial charge on any atom is 0.306 e. The van der Waals surface area contributed by atoms with Gasteiger partial charge in [-0.15, -0.1) is 0 Å². The predicted octanol–water partition coefficient (Wildman–Crippen LogP) is 1.55. The molecule has 0 aromatic heterocycles. The summed E-state index contributed by atoms with van der Waals surface area (Å²) in [7, 11) is 0. The van der Waals surface area contributed by atoms with Crippen LogP contribution >= 0.6 is 0 Å². The Hall–Kier alpha value is -10.8. The van der Waals surface area contributed by atoms with Crippen molar-refractivity contribution in [1.29, 1.82) is 0 Å². The molecule has 0 spiro atoms. The van der Waals surface area contributed by atoms with Crippen molar-refractivity contribution in [3.63, 3.8) is 0 Å². The molecule has 0 atom stereocenters. The first-order valence-electron chi connectivity index (χ1n) is 34.3. The fraction of sp³-hybridized carbons (Fsp3) is 0.594. The smallest absolute Gasteiger partial charge is 0.306 e. The lowest BCUT2D eigenvalue weighted by Gasteiger charge is -2.31. The average Bonchev–Trinajstić information content (AvgIpc) is 1.81. The zero-order valence-corrected chi connectivity index (χ0v) is 58.3. The van der Waals surface area contributed by atoms with Crippen LogP contribution < -0.4 is 0 Å². The predicted molar refractivity (Wildman–Crippen MR) is 348 cm³/mol. The second-order valence-corrected chi connectivity index (χ2v) is 23.8. The molecular weight excluding hydrogens is 1400 g/mol. The molecule has 0 saturated carbocycles. The number of imide groups is 4. The molecule has 4 rings (SSSR count). The molecule has 4 aliphatic rings. The Balaban J connectivity index is 1.29.